The van der Waals surface area contributed by atoms with Crippen molar-refractivity contribution >= 4 is 52.8 Å². The lowest BCUT2D eigenvalue weighted by atomic mass is 9.95. The van der Waals surface area contributed by atoms with Crippen molar-refractivity contribution in [3.8, 4) is 39.6 Å². The molecule has 67 heavy (non-hydrogen) atoms. The topological polar surface area (TPSA) is 193 Å². The molecule has 4 N–H and O–H groups in total. The highest BCUT2D eigenvalue weighted by Gasteiger charge is 2.40. The summed E-state index contributed by atoms with van der Waals surface area (Å²) in [6, 6.07) is 15.6. The van der Waals surface area contributed by atoms with Gasteiger partial charge in [0.15, 0.2) is 11.5 Å². The van der Waals surface area contributed by atoms with Gasteiger partial charge in [-0.15, -0.1) is 0 Å². The summed E-state index contributed by atoms with van der Waals surface area (Å²) in [6.07, 6.45) is -0.0458. The van der Waals surface area contributed by atoms with E-state index in [1.54, 1.807) is 81.6 Å². The first-order valence-corrected chi connectivity index (χ1v) is 23.0. The number of halogens is 2. The van der Waals surface area contributed by atoms with Gasteiger partial charge in [-0.05, 0) is 96.8 Å². The maximum Gasteiger partial charge on any atom is 0.407 e. The van der Waals surface area contributed by atoms with Gasteiger partial charge in [0, 0.05) is 71.1 Å². The highest BCUT2D eigenvalue weighted by Crippen LogP contribution is 2.47. The second-order valence-corrected chi connectivity index (χ2v) is 19.6. The minimum atomic E-state index is -0.914. The normalized spacial score (nSPS) is 18.4. The van der Waals surface area contributed by atoms with E-state index >= 15 is 0 Å². The lowest BCUT2D eigenvalue weighted by Gasteiger charge is -2.41. The molecule has 2 fully saturated rings. The van der Waals surface area contributed by atoms with E-state index in [0.29, 0.717) is 94.4 Å². The summed E-state index contributed by atoms with van der Waals surface area (Å²) >= 11 is 13.0. The van der Waals surface area contributed by atoms with Gasteiger partial charge in [-0.2, -0.15) is 5.10 Å². The Kier molecular flexibility index (Phi) is 15.0. The fourth-order valence-electron chi connectivity index (χ4n) is 8.42. The van der Waals surface area contributed by atoms with Crippen LogP contribution in [0.4, 0.5) is 15.3 Å². The standard InChI is InChI=1S/C48H59Cl2N7O10/c1-46(2,3)67-45(61)53-13-12-33-22-34(66-48(6,7)65-33)23-40(58)51-14-15-52-44(60)54-31-11-9-10-28(18-31)35-24-36-39(25-38(35)62-8)64-26-37-41(43(59)56-16-17-63-27-47(56,4)5)55-57(42(36)37)32-20-29(49)19-30(50)21-32/h9-11,18-21,24-25,33-34H,12-17,22-23,26-27H2,1-8H3,(H,51,58)(H,53,61)(H2,52,54,60)/t33-,34-/m1/s1. The predicted molar refractivity (Wildman–Crippen MR) is 253 cm³/mol. The molecule has 360 valence electrons. The van der Waals surface area contributed by atoms with E-state index in [1.807, 2.05) is 38.1 Å². The first-order chi connectivity index (χ1) is 31.7. The van der Waals surface area contributed by atoms with Crippen molar-refractivity contribution in [2.75, 3.05) is 51.8 Å². The predicted octanol–water partition coefficient (Wildman–Crippen LogP) is 8.12. The van der Waals surface area contributed by atoms with E-state index in [1.165, 1.54) is 0 Å². The number of amides is 5. The molecule has 3 aliphatic heterocycles. The quantitative estimate of drug-likeness (QED) is 0.0947. The van der Waals surface area contributed by atoms with Gasteiger partial charge in [-0.25, -0.2) is 14.3 Å². The number of nitrogens with one attached hydrogen (secondary N) is 4. The van der Waals surface area contributed by atoms with Crippen LogP contribution in [0.2, 0.25) is 10.0 Å². The van der Waals surface area contributed by atoms with Gasteiger partial charge >= 0.3 is 12.1 Å². The third-order valence-electron chi connectivity index (χ3n) is 11.2. The van der Waals surface area contributed by atoms with Crippen molar-refractivity contribution in [2.45, 2.75) is 103 Å². The van der Waals surface area contributed by atoms with Crippen molar-refractivity contribution in [3.63, 3.8) is 0 Å². The van der Waals surface area contributed by atoms with E-state index in [-0.39, 0.29) is 49.7 Å². The number of methoxy groups -OCH3 is 1. The molecule has 0 unspecified atom stereocenters. The lowest BCUT2D eigenvalue weighted by Crippen LogP contribution is -2.55. The number of carbonyl (C=O) groups is 4. The van der Waals surface area contributed by atoms with Crippen molar-refractivity contribution in [1.82, 2.24) is 30.6 Å². The number of anilines is 1. The third kappa shape index (κ3) is 12.3. The molecule has 2 saturated heterocycles. The van der Waals surface area contributed by atoms with Crippen LogP contribution < -0.4 is 30.7 Å². The number of fused-ring (bicyclic) bond motifs is 3. The van der Waals surface area contributed by atoms with E-state index in [9.17, 15) is 19.2 Å². The summed E-state index contributed by atoms with van der Waals surface area (Å²) in [4.78, 5) is 54.2. The Bertz CT molecular complexity index is 2480. The molecule has 7 rings (SSSR count). The first kappa shape index (κ1) is 49.3. The van der Waals surface area contributed by atoms with E-state index in [4.69, 9.17) is 56.7 Å². The fraction of sp³-hybridized carbons (Fsp3) is 0.479. The van der Waals surface area contributed by atoms with Gasteiger partial charge in [0.2, 0.25) is 5.91 Å². The highest BCUT2D eigenvalue weighted by atomic mass is 35.5. The zero-order chi connectivity index (χ0) is 48.3. The van der Waals surface area contributed by atoms with Gasteiger partial charge in [0.05, 0.1) is 55.9 Å². The second-order valence-electron chi connectivity index (χ2n) is 18.7. The first-order valence-electron chi connectivity index (χ1n) is 22.3. The molecular formula is C48H59Cl2N7O10. The number of benzene rings is 3. The fourth-order valence-corrected chi connectivity index (χ4v) is 8.94. The number of hydrogen-bond donors (Lipinski definition) is 4. The monoisotopic (exact) mass is 963 g/mol. The number of aromatic nitrogens is 2. The molecule has 19 heteroatoms. The summed E-state index contributed by atoms with van der Waals surface area (Å²) in [5.41, 5.74) is 3.44. The summed E-state index contributed by atoms with van der Waals surface area (Å²) in [6.45, 7) is 14.9. The van der Waals surface area contributed by atoms with Crippen molar-refractivity contribution < 1.29 is 47.6 Å². The minimum absolute atomic E-state index is 0.0737. The maximum atomic E-state index is 14.4. The molecule has 0 spiro atoms. The Labute approximate surface area is 400 Å². The Morgan fingerprint density at radius 1 is 0.896 bits per heavy atom. The van der Waals surface area contributed by atoms with Crippen LogP contribution in [0.25, 0.3) is 28.1 Å². The molecule has 5 amide bonds. The second kappa shape index (κ2) is 20.3. The van der Waals surface area contributed by atoms with Gasteiger partial charge in [-0.1, -0.05) is 35.3 Å². The highest BCUT2D eigenvalue weighted by molar-refractivity contribution is 6.34. The summed E-state index contributed by atoms with van der Waals surface area (Å²) in [5, 5.41) is 17.0. The zero-order valence-corrected chi connectivity index (χ0v) is 40.6. The smallest absolute Gasteiger partial charge is 0.407 e. The number of morpholine rings is 1. The number of nitrogens with zero attached hydrogens (tertiary/aromatic N) is 3. The van der Waals surface area contributed by atoms with E-state index in [0.717, 1.165) is 5.56 Å². The van der Waals surface area contributed by atoms with Crippen LogP contribution in [0.3, 0.4) is 0 Å². The molecule has 3 aliphatic rings. The van der Waals surface area contributed by atoms with Crippen LogP contribution >= 0.6 is 23.2 Å². The van der Waals surface area contributed by atoms with Crippen molar-refractivity contribution in [3.05, 3.63) is 75.9 Å². The largest absolute Gasteiger partial charge is 0.496 e. The van der Waals surface area contributed by atoms with Crippen LogP contribution in [0, 0.1) is 0 Å². The van der Waals surface area contributed by atoms with Crippen molar-refractivity contribution in [2.24, 2.45) is 0 Å². The summed E-state index contributed by atoms with van der Waals surface area (Å²) in [5.74, 6) is -0.357. The number of urea groups is 1. The van der Waals surface area contributed by atoms with Gasteiger partial charge in [0.25, 0.3) is 5.91 Å². The summed E-state index contributed by atoms with van der Waals surface area (Å²) in [7, 11) is 1.57. The molecule has 17 nitrogen and oxygen atoms in total. The zero-order valence-electron chi connectivity index (χ0n) is 39.1. The molecule has 2 atom stereocenters. The Morgan fingerprint density at radius 3 is 2.34 bits per heavy atom. The van der Waals surface area contributed by atoms with Gasteiger partial charge < -0.3 is 54.6 Å². The molecular weight excluding hydrogens is 905 g/mol. The summed E-state index contributed by atoms with van der Waals surface area (Å²) < 4.78 is 37.0. The van der Waals surface area contributed by atoms with Crippen LogP contribution in [0.15, 0.2) is 54.6 Å². The average Bonchev–Trinajstić information content (AvgIpc) is 3.63. The Hall–Kier alpha value is -5.59. The lowest BCUT2D eigenvalue weighted by molar-refractivity contribution is -0.299. The molecule has 0 saturated carbocycles. The minimum Gasteiger partial charge on any atom is -0.496 e. The maximum absolute atomic E-state index is 14.4. The number of hydrogen-bond acceptors (Lipinski definition) is 11. The number of ether oxygens (including phenoxy) is 6. The average molecular weight is 965 g/mol. The number of carbonyl (C=O) groups excluding carboxylic acids is 4. The van der Waals surface area contributed by atoms with Crippen LogP contribution in [-0.4, -0.2) is 114 Å². The van der Waals surface area contributed by atoms with Crippen LogP contribution in [0.1, 0.15) is 83.8 Å². The Morgan fingerprint density at radius 2 is 1.63 bits per heavy atom. The van der Waals surface area contributed by atoms with Crippen LogP contribution in [0.5, 0.6) is 11.5 Å². The molecule has 3 aromatic carbocycles. The molecule has 0 radical (unpaired) electrons. The van der Waals surface area contributed by atoms with E-state index in [2.05, 4.69) is 21.3 Å². The SMILES string of the molecule is COc1cc2c(cc1-c1cccc(NC(=O)NCCNC(=O)C[C@H]3C[C@@H](CCNC(=O)OC(C)(C)C)OC(C)(C)O3)c1)-c1c(c(C(=O)N3CCOCC3(C)C)nn1-c1cc(Cl)cc(Cl)c1)CO2. The van der Waals surface area contributed by atoms with Gasteiger partial charge in [-0.3, -0.25) is 9.59 Å². The number of rotatable bonds is 13. The van der Waals surface area contributed by atoms with Crippen LogP contribution in [-0.2, 0) is 30.3 Å². The molecule has 4 aromatic rings. The molecule has 1 aromatic heterocycles. The molecule has 0 bridgehead atoms. The van der Waals surface area contributed by atoms with E-state index < -0.39 is 35.2 Å². The van der Waals surface area contributed by atoms with Gasteiger partial charge in [0.1, 0.15) is 23.7 Å². The molecule has 4 heterocycles. The molecule has 0 aliphatic carbocycles. The third-order valence-corrected chi connectivity index (χ3v) is 11.7. The Balaban J connectivity index is 1.01. The van der Waals surface area contributed by atoms with Crippen molar-refractivity contribution in [1.29, 1.82) is 0 Å². The number of alkyl carbamates (subject to hydrolysis) is 1.